The summed E-state index contributed by atoms with van der Waals surface area (Å²) >= 11 is 6.16. The Kier molecular flexibility index (Phi) is 5.22. The maximum absolute atomic E-state index is 10.1. The van der Waals surface area contributed by atoms with Gasteiger partial charge in [0.05, 0.1) is 18.9 Å². The molecule has 0 saturated carbocycles. The fourth-order valence-corrected chi connectivity index (χ4v) is 2.39. The number of aryl methyl sites for hydroxylation is 2. The summed E-state index contributed by atoms with van der Waals surface area (Å²) in [6.07, 6.45) is -0.577. The predicted molar refractivity (Wildman–Crippen MR) is 82.6 cm³/mol. The molecule has 0 aliphatic heterocycles. The van der Waals surface area contributed by atoms with E-state index in [4.69, 9.17) is 16.3 Å². The first-order valence-corrected chi connectivity index (χ1v) is 7.11. The Morgan fingerprint density at radius 1 is 1.38 bits per heavy atom. The Balaban J connectivity index is 1.90. The number of methoxy groups -OCH3 is 1. The molecule has 1 aromatic carbocycles. The van der Waals surface area contributed by atoms with Crippen LogP contribution < -0.4 is 10.1 Å². The van der Waals surface area contributed by atoms with E-state index < -0.39 is 6.10 Å². The highest BCUT2D eigenvalue weighted by molar-refractivity contribution is 6.30. The molecule has 1 aromatic heterocycles. The molecule has 114 valence electrons. The van der Waals surface area contributed by atoms with Gasteiger partial charge in [-0.2, -0.15) is 5.10 Å². The quantitative estimate of drug-likeness (QED) is 0.859. The van der Waals surface area contributed by atoms with Gasteiger partial charge in [-0.1, -0.05) is 23.7 Å². The molecule has 1 heterocycles. The van der Waals surface area contributed by atoms with Crippen molar-refractivity contribution < 1.29 is 9.84 Å². The second-order valence-electron chi connectivity index (χ2n) is 4.90. The highest BCUT2D eigenvalue weighted by Crippen LogP contribution is 2.19. The first-order valence-electron chi connectivity index (χ1n) is 6.73. The van der Waals surface area contributed by atoms with Crippen LogP contribution in [0.2, 0.25) is 5.15 Å². The number of aliphatic hydroxyl groups is 1. The number of nitrogens with one attached hydrogen (secondary N) is 1. The van der Waals surface area contributed by atoms with Gasteiger partial charge in [-0.05, 0) is 24.6 Å². The van der Waals surface area contributed by atoms with Crippen molar-refractivity contribution in [2.24, 2.45) is 7.05 Å². The van der Waals surface area contributed by atoms with Crippen LogP contribution in [0.3, 0.4) is 0 Å². The molecule has 0 saturated heterocycles. The summed E-state index contributed by atoms with van der Waals surface area (Å²) < 4.78 is 6.74. The van der Waals surface area contributed by atoms with Gasteiger partial charge in [-0.15, -0.1) is 0 Å². The number of halogens is 1. The van der Waals surface area contributed by atoms with Crippen molar-refractivity contribution in [1.29, 1.82) is 0 Å². The molecule has 0 radical (unpaired) electrons. The van der Waals surface area contributed by atoms with Crippen molar-refractivity contribution in [2.75, 3.05) is 13.7 Å². The Morgan fingerprint density at radius 3 is 2.57 bits per heavy atom. The largest absolute Gasteiger partial charge is 0.497 e. The van der Waals surface area contributed by atoms with Gasteiger partial charge in [0.15, 0.2) is 0 Å². The van der Waals surface area contributed by atoms with E-state index in [2.05, 4.69) is 10.4 Å². The van der Waals surface area contributed by atoms with Crippen LogP contribution in [0.25, 0.3) is 0 Å². The van der Waals surface area contributed by atoms with Gasteiger partial charge in [0, 0.05) is 25.7 Å². The molecule has 6 heteroatoms. The van der Waals surface area contributed by atoms with Crippen LogP contribution in [-0.4, -0.2) is 28.5 Å². The van der Waals surface area contributed by atoms with E-state index >= 15 is 0 Å². The average Bonchev–Trinajstić information content (AvgIpc) is 2.73. The van der Waals surface area contributed by atoms with Crippen molar-refractivity contribution in [3.05, 3.63) is 46.2 Å². The van der Waals surface area contributed by atoms with Crippen LogP contribution in [0.15, 0.2) is 24.3 Å². The van der Waals surface area contributed by atoms with Gasteiger partial charge in [0.1, 0.15) is 10.9 Å². The molecule has 0 aliphatic rings. The Morgan fingerprint density at radius 2 is 2.05 bits per heavy atom. The first kappa shape index (κ1) is 15.8. The fraction of sp³-hybridized carbons (Fsp3) is 0.400. The summed E-state index contributed by atoms with van der Waals surface area (Å²) in [6, 6.07) is 7.38. The monoisotopic (exact) mass is 309 g/mol. The zero-order valence-electron chi connectivity index (χ0n) is 12.4. The molecule has 0 bridgehead atoms. The van der Waals surface area contributed by atoms with Gasteiger partial charge in [-0.25, -0.2) is 0 Å². The number of rotatable bonds is 6. The second-order valence-corrected chi connectivity index (χ2v) is 5.26. The number of ether oxygens (including phenoxy) is 1. The standard InChI is InChI=1S/C15H20ClN3O2/c1-10-13(15(16)19(2)18-10)8-17-9-14(20)11-4-6-12(21-3)7-5-11/h4-7,14,17,20H,8-9H2,1-3H3/t14-/m1/s1. The predicted octanol–water partition coefficient (Wildman–Crippen LogP) is 2.21. The smallest absolute Gasteiger partial charge is 0.131 e. The first-order chi connectivity index (χ1) is 10.0. The summed E-state index contributed by atoms with van der Waals surface area (Å²) in [5.41, 5.74) is 2.70. The molecule has 2 aromatic rings. The minimum absolute atomic E-state index is 0.441. The van der Waals surface area contributed by atoms with Crippen molar-refractivity contribution in [3.63, 3.8) is 0 Å². The van der Waals surface area contributed by atoms with E-state index in [9.17, 15) is 5.11 Å². The van der Waals surface area contributed by atoms with Crippen LogP contribution in [0.5, 0.6) is 5.75 Å². The molecule has 0 spiro atoms. The molecular formula is C15H20ClN3O2. The van der Waals surface area contributed by atoms with E-state index in [1.165, 1.54) is 0 Å². The number of aliphatic hydroxyl groups excluding tert-OH is 1. The van der Waals surface area contributed by atoms with Gasteiger partial charge in [0.2, 0.25) is 0 Å². The maximum atomic E-state index is 10.1. The van der Waals surface area contributed by atoms with E-state index in [0.717, 1.165) is 22.6 Å². The molecule has 0 aliphatic carbocycles. The summed E-state index contributed by atoms with van der Waals surface area (Å²) in [5.74, 6) is 0.775. The van der Waals surface area contributed by atoms with Gasteiger partial charge >= 0.3 is 0 Å². The van der Waals surface area contributed by atoms with Crippen molar-refractivity contribution in [1.82, 2.24) is 15.1 Å². The van der Waals surface area contributed by atoms with Crippen LogP contribution in [0.4, 0.5) is 0 Å². The average molecular weight is 310 g/mol. The number of aromatic nitrogens is 2. The molecule has 21 heavy (non-hydrogen) atoms. The zero-order valence-corrected chi connectivity index (χ0v) is 13.2. The second kappa shape index (κ2) is 6.93. The topological polar surface area (TPSA) is 59.3 Å². The number of benzene rings is 1. The lowest BCUT2D eigenvalue weighted by molar-refractivity contribution is 0.174. The van der Waals surface area contributed by atoms with E-state index in [1.807, 2.05) is 38.2 Å². The van der Waals surface area contributed by atoms with Crippen molar-refractivity contribution in [3.8, 4) is 5.75 Å². The molecular weight excluding hydrogens is 290 g/mol. The number of hydrogen-bond donors (Lipinski definition) is 2. The molecule has 0 unspecified atom stereocenters. The maximum Gasteiger partial charge on any atom is 0.131 e. The summed E-state index contributed by atoms with van der Waals surface area (Å²) in [5, 5.41) is 18.2. The molecule has 1 atom stereocenters. The third-order valence-electron chi connectivity index (χ3n) is 3.41. The molecule has 0 fully saturated rings. The SMILES string of the molecule is COc1ccc([C@H](O)CNCc2c(C)nn(C)c2Cl)cc1. The van der Waals surface area contributed by atoms with Crippen LogP contribution in [-0.2, 0) is 13.6 Å². The summed E-state index contributed by atoms with van der Waals surface area (Å²) in [4.78, 5) is 0. The normalized spacial score (nSPS) is 12.4. The van der Waals surface area contributed by atoms with E-state index in [1.54, 1.807) is 11.8 Å². The van der Waals surface area contributed by atoms with Gasteiger partial charge in [-0.3, -0.25) is 4.68 Å². The molecule has 2 rings (SSSR count). The molecule has 2 N–H and O–H groups in total. The lowest BCUT2D eigenvalue weighted by Crippen LogP contribution is -2.21. The fourth-order valence-electron chi connectivity index (χ4n) is 2.15. The molecule has 5 nitrogen and oxygen atoms in total. The Bertz CT molecular complexity index is 596. The van der Waals surface area contributed by atoms with Crippen molar-refractivity contribution >= 4 is 11.6 Å². The van der Waals surface area contributed by atoms with Crippen molar-refractivity contribution in [2.45, 2.75) is 19.6 Å². The minimum atomic E-state index is -0.577. The van der Waals surface area contributed by atoms with Crippen LogP contribution >= 0.6 is 11.6 Å². The zero-order chi connectivity index (χ0) is 15.4. The van der Waals surface area contributed by atoms with Crippen LogP contribution in [0, 0.1) is 6.92 Å². The summed E-state index contributed by atoms with van der Waals surface area (Å²) in [7, 11) is 3.43. The lowest BCUT2D eigenvalue weighted by atomic mass is 10.1. The van der Waals surface area contributed by atoms with E-state index in [-0.39, 0.29) is 0 Å². The number of hydrogen-bond acceptors (Lipinski definition) is 4. The molecule has 0 amide bonds. The van der Waals surface area contributed by atoms with Gasteiger partial charge < -0.3 is 15.2 Å². The summed E-state index contributed by atoms with van der Waals surface area (Å²) in [6.45, 7) is 2.94. The third kappa shape index (κ3) is 3.75. The number of nitrogens with zero attached hydrogens (tertiary/aromatic N) is 2. The van der Waals surface area contributed by atoms with Gasteiger partial charge in [0.25, 0.3) is 0 Å². The minimum Gasteiger partial charge on any atom is -0.497 e. The Hall–Kier alpha value is -1.56. The highest BCUT2D eigenvalue weighted by atomic mass is 35.5. The van der Waals surface area contributed by atoms with E-state index in [0.29, 0.717) is 18.2 Å². The Labute approximate surface area is 129 Å². The van der Waals surface area contributed by atoms with Crippen LogP contribution in [0.1, 0.15) is 22.9 Å². The highest BCUT2D eigenvalue weighted by Gasteiger charge is 2.12. The third-order valence-corrected chi connectivity index (χ3v) is 3.88. The lowest BCUT2D eigenvalue weighted by Gasteiger charge is -2.12.